The molecule has 2 aromatic heterocycles. The van der Waals surface area contributed by atoms with Gasteiger partial charge < -0.3 is 20.7 Å². The van der Waals surface area contributed by atoms with E-state index in [1.165, 1.54) is 12.3 Å². The van der Waals surface area contributed by atoms with Crippen molar-refractivity contribution in [3.8, 4) is 0 Å². The molecule has 2 rings (SSSR count). The van der Waals surface area contributed by atoms with Gasteiger partial charge in [0.05, 0.1) is 17.6 Å². The molecule has 7 heteroatoms. The Bertz CT molecular complexity index is 553. The summed E-state index contributed by atoms with van der Waals surface area (Å²) in [5.41, 5.74) is 6.15. The van der Waals surface area contributed by atoms with Crippen molar-refractivity contribution in [1.82, 2.24) is 14.5 Å². The summed E-state index contributed by atoms with van der Waals surface area (Å²) in [6, 6.07) is 1.40. The zero-order valence-corrected chi connectivity index (χ0v) is 10.3. The molecule has 0 saturated heterocycles. The van der Waals surface area contributed by atoms with Crippen LogP contribution in [0.4, 0.5) is 11.5 Å². The molecule has 0 aliphatic carbocycles. The van der Waals surface area contributed by atoms with E-state index < -0.39 is 5.97 Å². The van der Waals surface area contributed by atoms with Gasteiger partial charge in [0, 0.05) is 31.7 Å². The molecule has 0 radical (unpaired) electrons. The van der Waals surface area contributed by atoms with Gasteiger partial charge in [-0.05, 0) is 12.5 Å². The first-order valence-corrected chi connectivity index (χ1v) is 5.85. The predicted octanol–water partition coefficient (Wildman–Crippen LogP) is 1.06. The van der Waals surface area contributed by atoms with Crippen LogP contribution in [-0.4, -0.2) is 32.2 Å². The van der Waals surface area contributed by atoms with Crippen LogP contribution in [0.1, 0.15) is 16.8 Å². The van der Waals surface area contributed by atoms with Crippen molar-refractivity contribution in [3.05, 3.63) is 36.5 Å². The highest BCUT2D eigenvalue weighted by Crippen LogP contribution is 2.16. The number of aromatic nitrogens is 3. The maximum absolute atomic E-state index is 10.7. The zero-order valence-electron chi connectivity index (χ0n) is 10.3. The van der Waals surface area contributed by atoms with Gasteiger partial charge in [0.1, 0.15) is 5.82 Å². The van der Waals surface area contributed by atoms with Gasteiger partial charge in [-0.2, -0.15) is 0 Å². The first kappa shape index (κ1) is 12.9. The van der Waals surface area contributed by atoms with Crippen molar-refractivity contribution in [3.63, 3.8) is 0 Å². The van der Waals surface area contributed by atoms with Crippen LogP contribution in [0.25, 0.3) is 0 Å². The van der Waals surface area contributed by atoms with Crippen LogP contribution in [0.3, 0.4) is 0 Å². The van der Waals surface area contributed by atoms with Gasteiger partial charge in [0.2, 0.25) is 0 Å². The Hall–Kier alpha value is -2.57. The summed E-state index contributed by atoms with van der Waals surface area (Å²) < 4.78 is 1.98. The van der Waals surface area contributed by atoms with E-state index in [1.54, 1.807) is 12.5 Å². The number of nitrogens with zero attached hydrogens (tertiary/aromatic N) is 3. The minimum atomic E-state index is -1.04. The predicted molar refractivity (Wildman–Crippen MR) is 70.9 cm³/mol. The molecular weight excluding hydrogens is 246 g/mol. The molecule has 0 aliphatic rings. The molecule has 0 amide bonds. The summed E-state index contributed by atoms with van der Waals surface area (Å²) in [5.74, 6) is -0.526. The van der Waals surface area contributed by atoms with Gasteiger partial charge in [0.15, 0.2) is 0 Å². The van der Waals surface area contributed by atoms with E-state index in [1.807, 2.05) is 10.8 Å². The first-order valence-electron chi connectivity index (χ1n) is 5.85. The number of rotatable bonds is 6. The monoisotopic (exact) mass is 261 g/mol. The van der Waals surface area contributed by atoms with Gasteiger partial charge in [-0.3, -0.25) is 0 Å². The number of nitrogen functional groups attached to an aromatic ring is 1. The summed E-state index contributed by atoms with van der Waals surface area (Å²) in [5, 5.41) is 11.9. The average molecular weight is 261 g/mol. The number of aryl methyl sites for hydroxylation is 1. The molecule has 0 fully saturated rings. The fourth-order valence-corrected chi connectivity index (χ4v) is 1.63. The Morgan fingerprint density at radius 2 is 2.37 bits per heavy atom. The summed E-state index contributed by atoms with van der Waals surface area (Å²) in [6.07, 6.45) is 7.56. The van der Waals surface area contributed by atoms with E-state index in [0.717, 1.165) is 13.0 Å². The van der Waals surface area contributed by atoms with E-state index in [2.05, 4.69) is 15.3 Å². The molecule has 0 unspecified atom stereocenters. The van der Waals surface area contributed by atoms with Crippen LogP contribution in [0.5, 0.6) is 0 Å². The number of carboxylic acid groups (broad SMARTS) is 1. The number of nitrogens with two attached hydrogens (primary N) is 1. The van der Waals surface area contributed by atoms with Gasteiger partial charge in [0.25, 0.3) is 0 Å². The number of anilines is 2. The number of carboxylic acids is 1. The van der Waals surface area contributed by atoms with Gasteiger partial charge in [-0.25, -0.2) is 14.8 Å². The molecular formula is C12H15N5O2. The molecule has 19 heavy (non-hydrogen) atoms. The average Bonchev–Trinajstić information content (AvgIpc) is 2.89. The molecule has 2 aromatic rings. The molecule has 0 aliphatic heterocycles. The van der Waals surface area contributed by atoms with Gasteiger partial charge in [-0.15, -0.1) is 0 Å². The Kier molecular flexibility index (Phi) is 3.97. The molecule has 0 aromatic carbocycles. The normalized spacial score (nSPS) is 10.3. The van der Waals surface area contributed by atoms with Crippen LogP contribution in [-0.2, 0) is 6.54 Å². The number of imidazole rings is 1. The van der Waals surface area contributed by atoms with Crippen molar-refractivity contribution in [1.29, 1.82) is 0 Å². The SMILES string of the molecule is Nc1cc(C(=O)O)cnc1NCCCn1ccnc1. The largest absolute Gasteiger partial charge is 0.478 e. The second-order valence-electron chi connectivity index (χ2n) is 4.05. The lowest BCUT2D eigenvalue weighted by Crippen LogP contribution is -2.10. The minimum Gasteiger partial charge on any atom is -0.478 e. The lowest BCUT2D eigenvalue weighted by molar-refractivity contribution is 0.0696. The lowest BCUT2D eigenvalue weighted by Gasteiger charge is -2.09. The molecule has 0 spiro atoms. The second-order valence-corrected chi connectivity index (χ2v) is 4.05. The fraction of sp³-hybridized carbons (Fsp3) is 0.250. The number of nitrogens with one attached hydrogen (secondary N) is 1. The maximum atomic E-state index is 10.7. The van der Waals surface area contributed by atoms with E-state index in [0.29, 0.717) is 18.1 Å². The Morgan fingerprint density at radius 3 is 3.00 bits per heavy atom. The molecule has 2 heterocycles. The topological polar surface area (TPSA) is 106 Å². The van der Waals surface area contributed by atoms with Gasteiger partial charge >= 0.3 is 5.97 Å². The Balaban J connectivity index is 1.84. The minimum absolute atomic E-state index is 0.0847. The molecule has 100 valence electrons. The molecule has 0 atom stereocenters. The van der Waals surface area contributed by atoms with E-state index in [4.69, 9.17) is 10.8 Å². The van der Waals surface area contributed by atoms with E-state index in [9.17, 15) is 4.79 Å². The van der Waals surface area contributed by atoms with Crippen molar-refractivity contribution in [2.24, 2.45) is 0 Å². The number of hydrogen-bond acceptors (Lipinski definition) is 5. The van der Waals surface area contributed by atoms with Crippen molar-refractivity contribution in [2.75, 3.05) is 17.6 Å². The second kappa shape index (κ2) is 5.85. The molecule has 0 saturated carbocycles. The molecule has 7 nitrogen and oxygen atoms in total. The smallest absolute Gasteiger partial charge is 0.337 e. The highest BCUT2D eigenvalue weighted by atomic mass is 16.4. The number of aromatic carboxylic acids is 1. The van der Waals surface area contributed by atoms with Crippen LogP contribution in [0.15, 0.2) is 31.0 Å². The quantitative estimate of drug-likeness (QED) is 0.671. The Morgan fingerprint density at radius 1 is 1.53 bits per heavy atom. The number of pyridine rings is 1. The van der Waals surface area contributed by atoms with Crippen LogP contribution in [0, 0.1) is 0 Å². The summed E-state index contributed by atoms with van der Waals surface area (Å²) in [6.45, 7) is 1.54. The Labute approximate surface area is 110 Å². The van der Waals surface area contributed by atoms with E-state index >= 15 is 0 Å². The van der Waals surface area contributed by atoms with Crippen LogP contribution < -0.4 is 11.1 Å². The summed E-state index contributed by atoms with van der Waals surface area (Å²) in [7, 11) is 0. The maximum Gasteiger partial charge on any atom is 0.337 e. The zero-order chi connectivity index (χ0) is 13.7. The van der Waals surface area contributed by atoms with Crippen molar-refractivity contribution < 1.29 is 9.90 Å². The third kappa shape index (κ3) is 3.44. The third-order valence-corrected chi connectivity index (χ3v) is 2.61. The highest BCUT2D eigenvalue weighted by Gasteiger charge is 2.07. The number of carbonyl (C=O) groups is 1. The van der Waals surface area contributed by atoms with Crippen molar-refractivity contribution in [2.45, 2.75) is 13.0 Å². The highest BCUT2D eigenvalue weighted by molar-refractivity contribution is 5.89. The number of hydrogen-bond donors (Lipinski definition) is 3. The van der Waals surface area contributed by atoms with E-state index in [-0.39, 0.29) is 5.56 Å². The first-order chi connectivity index (χ1) is 9.16. The lowest BCUT2D eigenvalue weighted by atomic mass is 10.2. The van der Waals surface area contributed by atoms with Crippen molar-refractivity contribution >= 4 is 17.5 Å². The molecule has 4 N–H and O–H groups in total. The van der Waals surface area contributed by atoms with Crippen LogP contribution >= 0.6 is 0 Å². The standard InChI is InChI=1S/C12H15N5O2/c13-10-6-9(12(18)19)7-16-11(10)15-2-1-4-17-5-3-14-8-17/h3,5-8H,1-2,4,13H2,(H,15,16)(H,18,19). The fourth-order valence-electron chi connectivity index (χ4n) is 1.63. The van der Waals surface area contributed by atoms with Gasteiger partial charge in [-0.1, -0.05) is 0 Å². The third-order valence-electron chi connectivity index (χ3n) is 2.61. The summed E-state index contributed by atoms with van der Waals surface area (Å²) >= 11 is 0. The molecule has 0 bridgehead atoms. The van der Waals surface area contributed by atoms with Crippen LogP contribution in [0.2, 0.25) is 0 Å². The summed E-state index contributed by atoms with van der Waals surface area (Å²) in [4.78, 5) is 18.7.